The van der Waals surface area contributed by atoms with E-state index in [1.54, 1.807) is 0 Å². The topological polar surface area (TPSA) is 38.9 Å². The summed E-state index contributed by atoms with van der Waals surface area (Å²) in [7, 11) is 0. The monoisotopic (exact) mass is 272 g/mol. The first-order valence-corrected chi connectivity index (χ1v) is 5.49. The van der Waals surface area contributed by atoms with Gasteiger partial charge in [0.1, 0.15) is 5.82 Å². The van der Waals surface area contributed by atoms with Gasteiger partial charge in [0.05, 0.1) is 10.4 Å². The molecule has 2 rings (SSSR count). The zero-order valence-electron chi connectivity index (χ0n) is 7.72. The van der Waals surface area contributed by atoms with Crippen molar-refractivity contribution in [2.75, 3.05) is 5.73 Å². The lowest BCUT2D eigenvalue weighted by atomic mass is 10.0. The van der Waals surface area contributed by atoms with Crippen LogP contribution in [0.5, 0.6) is 0 Å². The Kier molecular flexibility index (Phi) is 2.32. The predicted molar refractivity (Wildman–Crippen MR) is 63.8 cm³/mol. The number of nitrogen functional groups attached to an aromatic ring is 1. The summed E-state index contributed by atoms with van der Waals surface area (Å²) in [4.78, 5) is 4.24. The fourth-order valence-electron chi connectivity index (χ4n) is 1.46. The number of hydrogen-bond acceptors (Lipinski definition) is 2. The third-order valence-electron chi connectivity index (χ3n) is 2.22. The van der Waals surface area contributed by atoms with Crippen LogP contribution in [0, 0.1) is 0 Å². The van der Waals surface area contributed by atoms with Crippen molar-refractivity contribution in [3.63, 3.8) is 0 Å². The molecule has 0 saturated heterocycles. The Hall–Kier alpha value is -0.540. The van der Waals surface area contributed by atoms with E-state index in [0.29, 0.717) is 10.8 Å². The summed E-state index contributed by atoms with van der Waals surface area (Å²) in [6.45, 7) is 2.10. The first kappa shape index (κ1) is 9.99. The molecule has 0 fully saturated rings. The minimum atomic E-state index is -0.0206. The van der Waals surface area contributed by atoms with Crippen molar-refractivity contribution in [3.05, 3.63) is 21.7 Å². The van der Waals surface area contributed by atoms with Crippen LogP contribution < -0.4 is 16.3 Å². The molecule has 1 aromatic heterocycles. The van der Waals surface area contributed by atoms with E-state index in [2.05, 4.69) is 40.0 Å². The van der Waals surface area contributed by atoms with Gasteiger partial charge in [0.2, 0.25) is 0 Å². The van der Waals surface area contributed by atoms with Crippen molar-refractivity contribution in [3.8, 4) is 0 Å². The molecular weight excluding hydrogens is 263 g/mol. The lowest BCUT2D eigenvalue weighted by Gasteiger charge is -2.18. The van der Waals surface area contributed by atoms with Crippen LogP contribution in [0.15, 0.2) is 6.07 Å². The molecule has 14 heavy (non-hydrogen) atoms. The number of halogens is 2. The lowest BCUT2D eigenvalue weighted by Crippen LogP contribution is -2.36. The molecule has 0 aliphatic heterocycles. The number of aromatic nitrogens is 1. The second-order valence-electron chi connectivity index (χ2n) is 3.66. The van der Waals surface area contributed by atoms with Gasteiger partial charge in [-0.05, 0) is 30.7 Å². The fourth-order valence-corrected chi connectivity index (χ4v) is 2.00. The molecule has 74 valence electrons. The number of fused-ring (bicyclic) bond motifs is 1. The number of hydrogen-bond donors (Lipinski definition) is 1. The summed E-state index contributed by atoms with van der Waals surface area (Å²) >= 11 is 9.49. The van der Waals surface area contributed by atoms with Crippen LogP contribution in [0.4, 0.5) is 5.82 Å². The van der Waals surface area contributed by atoms with Gasteiger partial charge in [-0.2, -0.15) is 0 Å². The predicted octanol–water partition coefficient (Wildman–Crippen LogP) is 1.44. The molecular formula is C10H10BrClN2. The summed E-state index contributed by atoms with van der Waals surface area (Å²) < 4.78 is -0.0206. The SMILES string of the molecule is CC1(Br)C=c2nc(N)c(Cl)cc2=CC1. The molecule has 1 aliphatic carbocycles. The first-order valence-electron chi connectivity index (χ1n) is 4.32. The van der Waals surface area contributed by atoms with Gasteiger partial charge in [0, 0.05) is 4.32 Å². The van der Waals surface area contributed by atoms with Gasteiger partial charge in [0.25, 0.3) is 0 Å². The molecule has 0 aromatic carbocycles. The number of nitrogens with zero attached hydrogens (tertiary/aromatic N) is 1. The van der Waals surface area contributed by atoms with Gasteiger partial charge in [-0.1, -0.05) is 33.6 Å². The summed E-state index contributed by atoms with van der Waals surface area (Å²) in [5, 5.41) is 2.48. The second kappa shape index (κ2) is 3.24. The van der Waals surface area contributed by atoms with E-state index >= 15 is 0 Å². The van der Waals surface area contributed by atoms with Gasteiger partial charge < -0.3 is 5.73 Å². The smallest absolute Gasteiger partial charge is 0.142 e. The number of alkyl halides is 1. The van der Waals surface area contributed by atoms with Crippen LogP contribution in [0.1, 0.15) is 13.3 Å². The van der Waals surface area contributed by atoms with Crippen LogP contribution >= 0.6 is 27.5 Å². The van der Waals surface area contributed by atoms with Crippen molar-refractivity contribution >= 4 is 45.5 Å². The van der Waals surface area contributed by atoms with Crippen LogP contribution in [-0.4, -0.2) is 9.31 Å². The number of nitrogens with two attached hydrogens (primary N) is 1. The fraction of sp³-hybridized carbons (Fsp3) is 0.300. The van der Waals surface area contributed by atoms with E-state index in [9.17, 15) is 0 Å². The molecule has 4 heteroatoms. The van der Waals surface area contributed by atoms with Crippen LogP contribution in [-0.2, 0) is 0 Å². The maximum absolute atomic E-state index is 5.88. The Morgan fingerprint density at radius 2 is 2.36 bits per heavy atom. The zero-order chi connectivity index (χ0) is 10.3. The van der Waals surface area contributed by atoms with Crippen LogP contribution in [0.25, 0.3) is 12.2 Å². The first-order chi connectivity index (χ1) is 6.48. The standard InChI is InChI=1S/C10H10BrClN2/c1-10(11)3-2-6-4-7(12)9(13)14-8(6)5-10/h2,4-5H,3H2,1H3,(H2,13,14). The van der Waals surface area contributed by atoms with Gasteiger partial charge in [-0.15, -0.1) is 0 Å². The van der Waals surface area contributed by atoms with E-state index in [-0.39, 0.29) is 4.32 Å². The highest BCUT2D eigenvalue weighted by molar-refractivity contribution is 9.10. The summed E-state index contributed by atoms with van der Waals surface area (Å²) in [5.74, 6) is 0.389. The molecule has 1 unspecified atom stereocenters. The van der Waals surface area contributed by atoms with Crippen molar-refractivity contribution in [1.29, 1.82) is 0 Å². The van der Waals surface area contributed by atoms with Crippen molar-refractivity contribution in [2.24, 2.45) is 0 Å². The molecule has 1 atom stereocenters. The molecule has 0 spiro atoms. The zero-order valence-corrected chi connectivity index (χ0v) is 10.1. The van der Waals surface area contributed by atoms with E-state index in [1.165, 1.54) is 0 Å². The quantitative estimate of drug-likeness (QED) is 0.727. The Morgan fingerprint density at radius 3 is 3.07 bits per heavy atom. The highest BCUT2D eigenvalue weighted by Crippen LogP contribution is 2.25. The minimum absolute atomic E-state index is 0.0206. The molecule has 1 aromatic rings. The van der Waals surface area contributed by atoms with Gasteiger partial charge >= 0.3 is 0 Å². The highest BCUT2D eigenvalue weighted by Gasteiger charge is 2.18. The van der Waals surface area contributed by atoms with Crippen LogP contribution in [0.2, 0.25) is 5.02 Å². The largest absolute Gasteiger partial charge is 0.382 e. The Bertz CT molecular complexity index is 494. The maximum atomic E-state index is 5.88. The van der Waals surface area contributed by atoms with Gasteiger partial charge in [-0.25, -0.2) is 4.98 Å². The third kappa shape index (κ3) is 1.79. The molecule has 1 heterocycles. The third-order valence-corrected chi connectivity index (χ3v) is 3.08. The van der Waals surface area contributed by atoms with E-state index in [4.69, 9.17) is 17.3 Å². The lowest BCUT2D eigenvalue weighted by molar-refractivity contribution is 0.873. The van der Waals surface area contributed by atoms with Gasteiger partial charge in [0.15, 0.2) is 0 Å². The Labute approximate surface area is 95.6 Å². The highest BCUT2D eigenvalue weighted by atomic mass is 79.9. The van der Waals surface area contributed by atoms with E-state index in [1.807, 2.05) is 6.07 Å². The molecule has 2 nitrogen and oxygen atoms in total. The van der Waals surface area contributed by atoms with Crippen molar-refractivity contribution in [2.45, 2.75) is 17.7 Å². The summed E-state index contributed by atoms with van der Waals surface area (Å²) in [6, 6.07) is 1.86. The normalized spacial score (nSPS) is 24.8. The summed E-state index contributed by atoms with van der Waals surface area (Å²) in [5.41, 5.74) is 5.64. The van der Waals surface area contributed by atoms with Crippen molar-refractivity contribution < 1.29 is 0 Å². The molecule has 0 radical (unpaired) electrons. The summed E-state index contributed by atoms with van der Waals surface area (Å²) in [6.07, 6.45) is 5.11. The number of pyridine rings is 1. The second-order valence-corrected chi connectivity index (χ2v) is 5.88. The molecule has 0 bridgehead atoms. The molecule has 2 N–H and O–H groups in total. The number of anilines is 1. The molecule has 1 aliphatic rings. The average Bonchev–Trinajstić information content (AvgIpc) is 2.07. The number of rotatable bonds is 0. The van der Waals surface area contributed by atoms with E-state index in [0.717, 1.165) is 17.0 Å². The van der Waals surface area contributed by atoms with Crippen LogP contribution in [0.3, 0.4) is 0 Å². The Morgan fingerprint density at radius 1 is 1.64 bits per heavy atom. The molecule has 0 saturated carbocycles. The van der Waals surface area contributed by atoms with Gasteiger partial charge in [-0.3, -0.25) is 0 Å². The average molecular weight is 274 g/mol. The minimum Gasteiger partial charge on any atom is -0.382 e. The van der Waals surface area contributed by atoms with Crippen molar-refractivity contribution in [1.82, 2.24) is 4.98 Å². The maximum Gasteiger partial charge on any atom is 0.142 e. The molecule has 0 amide bonds. The van der Waals surface area contributed by atoms with E-state index < -0.39 is 0 Å². The Balaban J connectivity index is 2.75.